The summed E-state index contributed by atoms with van der Waals surface area (Å²) in [4.78, 5) is 38.0. The van der Waals surface area contributed by atoms with Crippen molar-refractivity contribution in [2.45, 2.75) is 32.7 Å². The molecule has 1 heterocycles. The number of amides is 2. The van der Waals surface area contributed by atoms with Crippen LogP contribution in [0.15, 0.2) is 30.3 Å². The van der Waals surface area contributed by atoms with Crippen LogP contribution in [0.4, 0.5) is 0 Å². The van der Waals surface area contributed by atoms with Gasteiger partial charge in [0.05, 0.1) is 12.5 Å². The lowest BCUT2D eigenvalue weighted by Crippen LogP contribution is -2.50. The Balaban J connectivity index is 1.84. The van der Waals surface area contributed by atoms with Crippen LogP contribution in [0.1, 0.15) is 37.0 Å². The van der Waals surface area contributed by atoms with Crippen LogP contribution in [0.5, 0.6) is 0 Å². The van der Waals surface area contributed by atoms with Crippen molar-refractivity contribution in [3.05, 3.63) is 35.9 Å². The smallest absolute Gasteiger partial charge is 0.309 e. The van der Waals surface area contributed by atoms with E-state index in [0.717, 1.165) is 0 Å². The molecule has 1 atom stereocenters. The van der Waals surface area contributed by atoms with Gasteiger partial charge in [0.25, 0.3) is 5.91 Å². The molecule has 1 unspecified atom stereocenters. The maximum absolute atomic E-state index is 12.5. The first-order valence-electron chi connectivity index (χ1n) is 8.34. The fourth-order valence-corrected chi connectivity index (χ4v) is 2.80. The molecule has 130 valence electrons. The summed E-state index contributed by atoms with van der Waals surface area (Å²) in [5.41, 5.74) is 0.526. The predicted molar refractivity (Wildman–Crippen MR) is 89.3 cm³/mol. The second-order valence-corrected chi connectivity index (χ2v) is 5.91. The van der Waals surface area contributed by atoms with E-state index in [1.807, 2.05) is 6.07 Å². The molecule has 1 saturated heterocycles. The Morgan fingerprint density at radius 2 is 1.83 bits per heavy atom. The summed E-state index contributed by atoms with van der Waals surface area (Å²) in [6.07, 6.45) is 1.20. The molecule has 1 fully saturated rings. The predicted octanol–water partition coefficient (Wildman–Crippen LogP) is 1.61. The third-order valence-corrected chi connectivity index (χ3v) is 4.18. The average Bonchev–Trinajstić information content (AvgIpc) is 2.62. The number of carbonyl (C=O) groups excluding carboxylic acids is 3. The zero-order valence-corrected chi connectivity index (χ0v) is 14.2. The number of nitrogens with zero attached hydrogens (tertiary/aromatic N) is 1. The zero-order chi connectivity index (χ0) is 17.5. The SMILES string of the molecule is CCOC(=O)C1CCN(C(=O)C(C)NC(=O)c2ccccc2)CC1. The zero-order valence-electron chi connectivity index (χ0n) is 14.2. The second kappa shape index (κ2) is 8.47. The van der Waals surface area contributed by atoms with Crippen LogP contribution in [-0.4, -0.2) is 48.4 Å². The van der Waals surface area contributed by atoms with Crippen LogP contribution >= 0.6 is 0 Å². The van der Waals surface area contributed by atoms with Crippen molar-refractivity contribution in [1.29, 1.82) is 0 Å². The molecule has 1 aromatic carbocycles. The highest BCUT2D eigenvalue weighted by atomic mass is 16.5. The number of hydrogen-bond donors (Lipinski definition) is 1. The first-order valence-corrected chi connectivity index (χ1v) is 8.34. The topological polar surface area (TPSA) is 75.7 Å². The lowest BCUT2D eigenvalue weighted by atomic mass is 9.96. The minimum Gasteiger partial charge on any atom is -0.466 e. The van der Waals surface area contributed by atoms with E-state index in [1.165, 1.54) is 0 Å². The van der Waals surface area contributed by atoms with Crippen LogP contribution in [-0.2, 0) is 14.3 Å². The van der Waals surface area contributed by atoms with E-state index in [2.05, 4.69) is 5.32 Å². The summed E-state index contributed by atoms with van der Waals surface area (Å²) in [6, 6.07) is 8.20. The Labute approximate surface area is 142 Å². The molecular formula is C18H24N2O4. The second-order valence-electron chi connectivity index (χ2n) is 5.91. The number of likely N-dealkylation sites (tertiary alicyclic amines) is 1. The van der Waals surface area contributed by atoms with Gasteiger partial charge in [-0.25, -0.2) is 0 Å². The number of ether oxygens (including phenoxy) is 1. The van der Waals surface area contributed by atoms with Gasteiger partial charge in [-0.3, -0.25) is 14.4 Å². The third kappa shape index (κ3) is 4.57. The van der Waals surface area contributed by atoms with Gasteiger partial charge in [0.1, 0.15) is 6.04 Å². The molecule has 2 amide bonds. The molecule has 1 N–H and O–H groups in total. The first kappa shape index (κ1) is 18.0. The highest BCUT2D eigenvalue weighted by Gasteiger charge is 2.30. The molecule has 6 heteroatoms. The average molecular weight is 332 g/mol. The van der Waals surface area contributed by atoms with Gasteiger partial charge in [-0.05, 0) is 38.8 Å². The van der Waals surface area contributed by atoms with Gasteiger partial charge in [0.2, 0.25) is 5.91 Å². The van der Waals surface area contributed by atoms with Crippen molar-refractivity contribution in [3.8, 4) is 0 Å². The minimum atomic E-state index is -0.600. The van der Waals surface area contributed by atoms with Crippen LogP contribution in [0.3, 0.4) is 0 Å². The van der Waals surface area contributed by atoms with E-state index in [1.54, 1.807) is 43.0 Å². The summed E-state index contributed by atoms with van der Waals surface area (Å²) < 4.78 is 5.03. The summed E-state index contributed by atoms with van der Waals surface area (Å²) in [5.74, 6) is -0.710. The Morgan fingerprint density at radius 3 is 2.42 bits per heavy atom. The van der Waals surface area contributed by atoms with Gasteiger partial charge >= 0.3 is 5.97 Å². The summed E-state index contributed by atoms with van der Waals surface area (Å²) in [5, 5.41) is 2.73. The minimum absolute atomic E-state index is 0.124. The molecule has 1 aliphatic rings. The Kier molecular flexibility index (Phi) is 6.35. The maximum atomic E-state index is 12.5. The van der Waals surface area contributed by atoms with Crippen molar-refractivity contribution < 1.29 is 19.1 Å². The van der Waals surface area contributed by atoms with Crippen molar-refractivity contribution in [1.82, 2.24) is 10.2 Å². The molecule has 0 aliphatic carbocycles. The van der Waals surface area contributed by atoms with Crippen molar-refractivity contribution in [2.24, 2.45) is 5.92 Å². The molecule has 6 nitrogen and oxygen atoms in total. The molecular weight excluding hydrogens is 308 g/mol. The number of hydrogen-bond acceptors (Lipinski definition) is 4. The van der Waals surface area contributed by atoms with E-state index in [4.69, 9.17) is 4.74 Å². The normalized spacial score (nSPS) is 16.3. The fraction of sp³-hybridized carbons (Fsp3) is 0.500. The molecule has 0 aromatic heterocycles. The van der Waals surface area contributed by atoms with E-state index in [9.17, 15) is 14.4 Å². The number of benzene rings is 1. The Bertz CT molecular complexity index is 580. The summed E-state index contributed by atoms with van der Waals surface area (Å²) >= 11 is 0. The lowest BCUT2D eigenvalue weighted by Gasteiger charge is -2.32. The number of carbonyl (C=O) groups is 3. The van der Waals surface area contributed by atoms with Crippen molar-refractivity contribution in [2.75, 3.05) is 19.7 Å². The van der Waals surface area contributed by atoms with Gasteiger partial charge in [-0.1, -0.05) is 18.2 Å². The highest BCUT2D eigenvalue weighted by Crippen LogP contribution is 2.19. The molecule has 0 saturated carbocycles. The number of piperidine rings is 1. The van der Waals surface area contributed by atoms with Gasteiger partial charge in [0, 0.05) is 18.7 Å². The van der Waals surface area contributed by atoms with Gasteiger partial charge in [-0.2, -0.15) is 0 Å². The third-order valence-electron chi connectivity index (χ3n) is 4.18. The maximum Gasteiger partial charge on any atom is 0.309 e. The van der Waals surface area contributed by atoms with Gasteiger partial charge in [-0.15, -0.1) is 0 Å². The van der Waals surface area contributed by atoms with Crippen molar-refractivity contribution >= 4 is 17.8 Å². The molecule has 1 aromatic rings. The van der Waals surface area contributed by atoms with E-state index >= 15 is 0 Å². The van der Waals surface area contributed by atoms with Crippen LogP contribution < -0.4 is 5.32 Å². The highest BCUT2D eigenvalue weighted by molar-refractivity contribution is 5.97. The number of nitrogens with one attached hydrogen (secondary N) is 1. The van der Waals surface area contributed by atoms with E-state index in [-0.39, 0.29) is 23.7 Å². The Hall–Kier alpha value is -2.37. The standard InChI is InChI=1S/C18H24N2O4/c1-3-24-18(23)15-9-11-20(12-10-15)17(22)13(2)19-16(21)14-7-5-4-6-8-14/h4-8,13,15H,3,9-12H2,1-2H3,(H,19,21). The summed E-state index contributed by atoms with van der Waals surface area (Å²) in [6.45, 7) is 4.86. The number of rotatable bonds is 5. The molecule has 24 heavy (non-hydrogen) atoms. The molecule has 0 radical (unpaired) electrons. The number of esters is 1. The van der Waals surface area contributed by atoms with Crippen LogP contribution in [0.25, 0.3) is 0 Å². The van der Waals surface area contributed by atoms with E-state index in [0.29, 0.717) is 38.1 Å². The molecule has 0 spiro atoms. The summed E-state index contributed by atoms with van der Waals surface area (Å²) in [7, 11) is 0. The monoisotopic (exact) mass is 332 g/mol. The van der Waals surface area contributed by atoms with Crippen LogP contribution in [0, 0.1) is 5.92 Å². The molecule has 0 bridgehead atoms. The quantitative estimate of drug-likeness (QED) is 0.831. The van der Waals surface area contributed by atoms with Crippen molar-refractivity contribution in [3.63, 3.8) is 0 Å². The van der Waals surface area contributed by atoms with Gasteiger partial charge < -0.3 is 15.0 Å². The first-order chi connectivity index (χ1) is 11.5. The van der Waals surface area contributed by atoms with Crippen LogP contribution in [0.2, 0.25) is 0 Å². The molecule has 2 rings (SSSR count). The lowest BCUT2D eigenvalue weighted by molar-refractivity contribution is -0.151. The Morgan fingerprint density at radius 1 is 1.21 bits per heavy atom. The van der Waals surface area contributed by atoms with E-state index < -0.39 is 6.04 Å². The molecule has 1 aliphatic heterocycles. The fourth-order valence-electron chi connectivity index (χ4n) is 2.80. The van der Waals surface area contributed by atoms with Gasteiger partial charge in [0.15, 0.2) is 0 Å². The largest absolute Gasteiger partial charge is 0.466 e.